The largest absolute Gasteiger partial charge is 0.376 e. The van der Waals surface area contributed by atoms with Gasteiger partial charge in [0, 0.05) is 6.61 Å². The normalized spacial score (nSPS) is 15.3. The number of aryl methyl sites for hydroxylation is 1. The van der Waals surface area contributed by atoms with E-state index in [1.807, 2.05) is 13.0 Å². The molecular formula is C15H25FN2O. The van der Waals surface area contributed by atoms with Crippen LogP contribution >= 0.6 is 0 Å². The standard InChI is InChI=1S/C15H25FN2O/c1-6-19-14(15(3,4)5)13(18-17)11-7-8-12(16)10(2)9-11/h7-9,13-14,18H,6,17H2,1-5H3. The van der Waals surface area contributed by atoms with Gasteiger partial charge in [-0.15, -0.1) is 0 Å². The van der Waals surface area contributed by atoms with E-state index in [4.69, 9.17) is 10.6 Å². The van der Waals surface area contributed by atoms with Gasteiger partial charge in [0.2, 0.25) is 0 Å². The predicted molar refractivity (Wildman–Crippen MR) is 76.1 cm³/mol. The van der Waals surface area contributed by atoms with E-state index in [1.165, 1.54) is 6.07 Å². The molecule has 0 bridgehead atoms. The van der Waals surface area contributed by atoms with E-state index < -0.39 is 0 Å². The number of rotatable bonds is 5. The topological polar surface area (TPSA) is 47.3 Å². The van der Waals surface area contributed by atoms with Crippen molar-refractivity contribution in [3.8, 4) is 0 Å². The van der Waals surface area contributed by atoms with Crippen molar-refractivity contribution in [1.82, 2.24) is 5.43 Å². The van der Waals surface area contributed by atoms with Crippen molar-refractivity contribution < 1.29 is 9.13 Å². The SMILES string of the molecule is CCOC(C(NN)c1ccc(F)c(C)c1)C(C)(C)C. The summed E-state index contributed by atoms with van der Waals surface area (Å²) in [5, 5.41) is 0. The number of hydrogen-bond donors (Lipinski definition) is 2. The molecule has 0 amide bonds. The molecule has 0 saturated carbocycles. The Morgan fingerprint density at radius 1 is 1.37 bits per heavy atom. The quantitative estimate of drug-likeness (QED) is 0.637. The number of nitrogens with one attached hydrogen (secondary N) is 1. The van der Waals surface area contributed by atoms with Crippen LogP contribution in [0.5, 0.6) is 0 Å². The molecule has 3 N–H and O–H groups in total. The Bertz CT molecular complexity index is 415. The molecule has 108 valence electrons. The number of benzene rings is 1. The molecule has 19 heavy (non-hydrogen) atoms. The van der Waals surface area contributed by atoms with Crippen LogP contribution in [-0.4, -0.2) is 12.7 Å². The van der Waals surface area contributed by atoms with Crippen LogP contribution < -0.4 is 11.3 Å². The summed E-state index contributed by atoms with van der Waals surface area (Å²) in [5.74, 6) is 5.49. The lowest BCUT2D eigenvalue weighted by Gasteiger charge is -2.36. The van der Waals surface area contributed by atoms with Gasteiger partial charge in [-0.3, -0.25) is 11.3 Å². The summed E-state index contributed by atoms with van der Waals surface area (Å²) >= 11 is 0. The van der Waals surface area contributed by atoms with E-state index in [0.717, 1.165) is 5.56 Å². The van der Waals surface area contributed by atoms with Gasteiger partial charge in [-0.25, -0.2) is 4.39 Å². The minimum atomic E-state index is -0.205. The Hall–Kier alpha value is -0.970. The fourth-order valence-corrected chi connectivity index (χ4v) is 2.25. The van der Waals surface area contributed by atoms with Crippen molar-refractivity contribution in [2.24, 2.45) is 11.3 Å². The number of hydrogen-bond acceptors (Lipinski definition) is 3. The number of halogens is 1. The van der Waals surface area contributed by atoms with E-state index in [-0.39, 0.29) is 23.4 Å². The van der Waals surface area contributed by atoms with Gasteiger partial charge in [0.05, 0.1) is 12.1 Å². The highest BCUT2D eigenvalue weighted by atomic mass is 19.1. The molecule has 0 spiro atoms. The van der Waals surface area contributed by atoms with Gasteiger partial charge in [-0.2, -0.15) is 0 Å². The minimum Gasteiger partial charge on any atom is -0.376 e. The molecule has 0 aliphatic rings. The highest BCUT2D eigenvalue weighted by Gasteiger charge is 2.33. The molecule has 0 radical (unpaired) electrons. The summed E-state index contributed by atoms with van der Waals surface area (Å²) in [4.78, 5) is 0. The summed E-state index contributed by atoms with van der Waals surface area (Å²) in [6.07, 6.45) is -0.0904. The van der Waals surface area contributed by atoms with Gasteiger partial charge in [0.1, 0.15) is 5.82 Å². The van der Waals surface area contributed by atoms with Crippen molar-refractivity contribution in [3.05, 3.63) is 35.1 Å². The Morgan fingerprint density at radius 3 is 2.42 bits per heavy atom. The summed E-state index contributed by atoms with van der Waals surface area (Å²) in [7, 11) is 0. The molecular weight excluding hydrogens is 243 g/mol. The first kappa shape index (κ1) is 16.1. The third-order valence-corrected chi connectivity index (χ3v) is 3.22. The molecule has 0 heterocycles. The molecule has 2 atom stereocenters. The fourth-order valence-electron chi connectivity index (χ4n) is 2.25. The zero-order valence-corrected chi connectivity index (χ0v) is 12.5. The zero-order valence-electron chi connectivity index (χ0n) is 12.5. The maximum absolute atomic E-state index is 13.4. The lowest BCUT2D eigenvalue weighted by Crippen LogP contribution is -2.44. The van der Waals surface area contributed by atoms with Gasteiger partial charge in [0.25, 0.3) is 0 Å². The van der Waals surface area contributed by atoms with Gasteiger partial charge >= 0.3 is 0 Å². The lowest BCUT2D eigenvalue weighted by atomic mass is 9.82. The molecule has 1 aromatic rings. The third kappa shape index (κ3) is 4.00. The van der Waals surface area contributed by atoms with Crippen molar-refractivity contribution in [2.75, 3.05) is 6.61 Å². The predicted octanol–water partition coefficient (Wildman–Crippen LogP) is 3.09. The van der Waals surface area contributed by atoms with Gasteiger partial charge < -0.3 is 4.74 Å². The van der Waals surface area contributed by atoms with Gasteiger partial charge in [-0.05, 0) is 36.5 Å². The molecule has 2 unspecified atom stereocenters. The van der Waals surface area contributed by atoms with E-state index in [9.17, 15) is 4.39 Å². The van der Waals surface area contributed by atoms with Crippen LogP contribution in [-0.2, 0) is 4.74 Å². The molecule has 1 rings (SSSR count). The summed E-state index contributed by atoms with van der Waals surface area (Å²) in [6, 6.07) is 4.88. The highest BCUT2D eigenvalue weighted by molar-refractivity contribution is 5.27. The molecule has 0 aromatic heterocycles. The first-order valence-electron chi connectivity index (χ1n) is 6.65. The number of hydrazine groups is 1. The zero-order chi connectivity index (χ0) is 14.6. The molecule has 0 saturated heterocycles. The molecule has 3 nitrogen and oxygen atoms in total. The number of ether oxygens (including phenoxy) is 1. The second-order valence-corrected chi connectivity index (χ2v) is 5.89. The fraction of sp³-hybridized carbons (Fsp3) is 0.600. The smallest absolute Gasteiger partial charge is 0.126 e. The maximum atomic E-state index is 13.4. The Kier molecular flexibility index (Phi) is 5.47. The van der Waals surface area contributed by atoms with Crippen LogP contribution in [0.4, 0.5) is 4.39 Å². The third-order valence-electron chi connectivity index (χ3n) is 3.22. The average Bonchev–Trinajstić information content (AvgIpc) is 2.32. The highest BCUT2D eigenvalue weighted by Crippen LogP contribution is 2.33. The van der Waals surface area contributed by atoms with Crippen molar-refractivity contribution >= 4 is 0 Å². The van der Waals surface area contributed by atoms with E-state index in [1.54, 1.807) is 13.0 Å². The van der Waals surface area contributed by atoms with E-state index in [0.29, 0.717) is 12.2 Å². The maximum Gasteiger partial charge on any atom is 0.126 e. The molecule has 4 heteroatoms. The first-order chi connectivity index (χ1) is 8.81. The monoisotopic (exact) mass is 268 g/mol. The second kappa shape index (κ2) is 6.46. The lowest BCUT2D eigenvalue weighted by molar-refractivity contribution is -0.0366. The minimum absolute atomic E-state index is 0.0741. The Balaban J connectivity index is 3.12. The van der Waals surface area contributed by atoms with Gasteiger partial charge in [-0.1, -0.05) is 32.9 Å². The Morgan fingerprint density at radius 2 is 2.00 bits per heavy atom. The van der Waals surface area contributed by atoms with Crippen LogP contribution in [0.1, 0.15) is 44.9 Å². The van der Waals surface area contributed by atoms with Crippen molar-refractivity contribution in [2.45, 2.75) is 46.8 Å². The van der Waals surface area contributed by atoms with Gasteiger partial charge in [0.15, 0.2) is 0 Å². The molecule has 0 aliphatic heterocycles. The first-order valence-corrected chi connectivity index (χ1v) is 6.65. The average molecular weight is 268 g/mol. The van der Waals surface area contributed by atoms with Crippen LogP contribution in [0, 0.1) is 18.2 Å². The van der Waals surface area contributed by atoms with E-state index in [2.05, 4.69) is 26.2 Å². The van der Waals surface area contributed by atoms with Crippen LogP contribution in [0.25, 0.3) is 0 Å². The summed E-state index contributed by atoms with van der Waals surface area (Å²) < 4.78 is 19.2. The molecule has 1 aromatic carbocycles. The van der Waals surface area contributed by atoms with Crippen LogP contribution in [0.2, 0.25) is 0 Å². The van der Waals surface area contributed by atoms with Crippen LogP contribution in [0.3, 0.4) is 0 Å². The van der Waals surface area contributed by atoms with Crippen LogP contribution in [0.15, 0.2) is 18.2 Å². The number of nitrogens with two attached hydrogens (primary N) is 1. The molecule has 0 fully saturated rings. The Labute approximate surface area is 115 Å². The second-order valence-electron chi connectivity index (χ2n) is 5.89. The summed E-state index contributed by atoms with van der Waals surface area (Å²) in [5.41, 5.74) is 4.29. The summed E-state index contributed by atoms with van der Waals surface area (Å²) in [6.45, 7) is 10.6. The van der Waals surface area contributed by atoms with E-state index >= 15 is 0 Å². The van der Waals surface area contributed by atoms with Crippen molar-refractivity contribution in [3.63, 3.8) is 0 Å². The molecule has 0 aliphatic carbocycles. The van der Waals surface area contributed by atoms with Crippen molar-refractivity contribution in [1.29, 1.82) is 0 Å².